The van der Waals surface area contributed by atoms with Crippen LogP contribution in [0.3, 0.4) is 0 Å². The zero-order chi connectivity index (χ0) is 19.2. The lowest BCUT2D eigenvalue weighted by Gasteiger charge is -2.19. The van der Waals surface area contributed by atoms with Crippen molar-refractivity contribution < 1.29 is 14.3 Å². The predicted molar refractivity (Wildman–Crippen MR) is 105 cm³/mol. The maximum absolute atomic E-state index is 12.4. The van der Waals surface area contributed by atoms with E-state index in [-0.39, 0.29) is 5.91 Å². The standard InChI is InChI=1S/C21H20N4O3/c26-21(22-9-8-15-4-2-1-3-5-15)17-13-20(24-14-23-17)25-16-6-7-18-19(12-16)28-11-10-27-18/h1-7,12-14H,8-11H2,(H,22,26)(H,23,24,25). The van der Waals surface area contributed by atoms with E-state index >= 15 is 0 Å². The first-order valence-corrected chi connectivity index (χ1v) is 9.09. The van der Waals surface area contributed by atoms with Crippen LogP contribution in [0.15, 0.2) is 60.9 Å². The van der Waals surface area contributed by atoms with Crippen LogP contribution in [0.4, 0.5) is 11.5 Å². The zero-order valence-corrected chi connectivity index (χ0v) is 15.2. The van der Waals surface area contributed by atoms with Gasteiger partial charge in [-0.25, -0.2) is 9.97 Å². The summed E-state index contributed by atoms with van der Waals surface area (Å²) in [5.74, 6) is 1.70. The van der Waals surface area contributed by atoms with Crippen molar-refractivity contribution >= 4 is 17.4 Å². The molecule has 1 amide bonds. The first-order valence-electron chi connectivity index (χ1n) is 9.09. The largest absolute Gasteiger partial charge is 0.486 e. The van der Waals surface area contributed by atoms with E-state index < -0.39 is 0 Å². The van der Waals surface area contributed by atoms with E-state index in [4.69, 9.17) is 9.47 Å². The van der Waals surface area contributed by atoms with Crippen molar-refractivity contribution in [1.82, 2.24) is 15.3 Å². The second-order valence-corrected chi connectivity index (χ2v) is 6.26. The first kappa shape index (κ1) is 17.8. The van der Waals surface area contributed by atoms with Gasteiger partial charge in [0.25, 0.3) is 5.91 Å². The Kier molecular flexibility index (Phi) is 5.33. The monoisotopic (exact) mass is 376 g/mol. The molecule has 0 fully saturated rings. The third-order valence-electron chi connectivity index (χ3n) is 4.26. The zero-order valence-electron chi connectivity index (χ0n) is 15.2. The van der Waals surface area contributed by atoms with Crippen LogP contribution < -0.4 is 20.1 Å². The molecule has 3 aromatic rings. The summed E-state index contributed by atoms with van der Waals surface area (Å²) < 4.78 is 11.1. The highest BCUT2D eigenvalue weighted by molar-refractivity contribution is 5.93. The van der Waals surface area contributed by atoms with E-state index in [1.54, 1.807) is 6.07 Å². The quantitative estimate of drug-likeness (QED) is 0.688. The SMILES string of the molecule is O=C(NCCc1ccccc1)c1cc(Nc2ccc3c(c2)OCCO3)ncn1. The number of fused-ring (bicyclic) bond motifs is 1. The van der Waals surface area contributed by atoms with Gasteiger partial charge in [-0.15, -0.1) is 0 Å². The number of anilines is 2. The summed E-state index contributed by atoms with van der Waals surface area (Å²) >= 11 is 0. The van der Waals surface area contributed by atoms with Crippen LogP contribution in [-0.2, 0) is 6.42 Å². The summed E-state index contributed by atoms with van der Waals surface area (Å²) in [5.41, 5.74) is 2.27. The molecule has 1 aromatic heterocycles. The molecule has 0 spiro atoms. The van der Waals surface area contributed by atoms with Crippen molar-refractivity contribution in [2.75, 3.05) is 25.1 Å². The Morgan fingerprint density at radius 3 is 2.64 bits per heavy atom. The molecule has 0 saturated carbocycles. The number of carbonyl (C=O) groups is 1. The number of amides is 1. The first-order chi connectivity index (χ1) is 13.8. The summed E-state index contributed by atoms with van der Waals surface area (Å²) in [6, 6.07) is 17.2. The summed E-state index contributed by atoms with van der Waals surface area (Å²) in [6.45, 7) is 1.61. The molecule has 0 radical (unpaired) electrons. The molecule has 1 aliphatic heterocycles. The molecule has 0 atom stereocenters. The molecule has 7 heteroatoms. The molecular weight excluding hydrogens is 356 g/mol. The van der Waals surface area contributed by atoms with Gasteiger partial charge in [-0.3, -0.25) is 4.79 Å². The van der Waals surface area contributed by atoms with Crippen LogP contribution in [0.1, 0.15) is 16.1 Å². The smallest absolute Gasteiger partial charge is 0.270 e. The van der Waals surface area contributed by atoms with Gasteiger partial charge in [0, 0.05) is 24.4 Å². The van der Waals surface area contributed by atoms with E-state index in [2.05, 4.69) is 20.6 Å². The number of carbonyl (C=O) groups excluding carboxylic acids is 1. The van der Waals surface area contributed by atoms with Gasteiger partial charge in [-0.05, 0) is 24.1 Å². The number of rotatable bonds is 6. The number of nitrogens with zero attached hydrogens (tertiary/aromatic N) is 2. The van der Waals surface area contributed by atoms with Gasteiger partial charge in [0.2, 0.25) is 0 Å². The molecule has 2 heterocycles. The van der Waals surface area contributed by atoms with Crippen LogP contribution in [0, 0.1) is 0 Å². The average Bonchev–Trinajstić information content (AvgIpc) is 2.74. The van der Waals surface area contributed by atoms with E-state index in [9.17, 15) is 4.79 Å². The van der Waals surface area contributed by atoms with E-state index in [0.29, 0.717) is 37.0 Å². The lowest BCUT2D eigenvalue weighted by atomic mass is 10.1. The highest BCUT2D eigenvalue weighted by atomic mass is 16.6. The second kappa shape index (κ2) is 8.39. The maximum atomic E-state index is 12.4. The van der Waals surface area contributed by atoms with E-state index in [1.165, 1.54) is 11.9 Å². The summed E-state index contributed by atoms with van der Waals surface area (Å²) in [5, 5.41) is 6.05. The molecule has 2 N–H and O–H groups in total. The van der Waals surface area contributed by atoms with Crippen molar-refractivity contribution in [3.63, 3.8) is 0 Å². The third-order valence-corrected chi connectivity index (χ3v) is 4.26. The number of ether oxygens (including phenoxy) is 2. The third kappa shape index (κ3) is 4.37. The fourth-order valence-corrected chi connectivity index (χ4v) is 2.87. The molecule has 2 aromatic carbocycles. The van der Waals surface area contributed by atoms with Crippen molar-refractivity contribution in [1.29, 1.82) is 0 Å². The Hall–Kier alpha value is -3.61. The Morgan fingerprint density at radius 2 is 1.79 bits per heavy atom. The van der Waals surface area contributed by atoms with Crippen LogP contribution in [-0.4, -0.2) is 35.6 Å². The van der Waals surface area contributed by atoms with Crippen molar-refractivity contribution in [3.8, 4) is 11.5 Å². The molecule has 0 bridgehead atoms. The maximum Gasteiger partial charge on any atom is 0.270 e. The molecule has 142 valence electrons. The van der Waals surface area contributed by atoms with Gasteiger partial charge in [0.1, 0.15) is 31.1 Å². The van der Waals surface area contributed by atoms with Crippen molar-refractivity contribution in [2.24, 2.45) is 0 Å². The topological polar surface area (TPSA) is 85.4 Å². The minimum Gasteiger partial charge on any atom is -0.486 e. The van der Waals surface area contributed by atoms with Gasteiger partial charge in [-0.1, -0.05) is 30.3 Å². The normalized spacial score (nSPS) is 12.3. The highest BCUT2D eigenvalue weighted by Gasteiger charge is 2.13. The second-order valence-electron chi connectivity index (χ2n) is 6.26. The van der Waals surface area contributed by atoms with Crippen LogP contribution in [0.5, 0.6) is 11.5 Å². The van der Waals surface area contributed by atoms with Crippen molar-refractivity contribution in [2.45, 2.75) is 6.42 Å². The van der Waals surface area contributed by atoms with Crippen molar-refractivity contribution in [3.05, 3.63) is 72.2 Å². The Balaban J connectivity index is 1.37. The number of aromatic nitrogens is 2. The number of benzene rings is 2. The van der Waals surface area contributed by atoms with Gasteiger partial charge < -0.3 is 20.1 Å². The van der Waals surface area contributed by atoms with E-state index in [0.717, 1.165) is 17.9 Å². The molecule has 7 nitrogen and oxygen atoms in total. The van der Waals surface area contributed by atoms with Gasteiger partial charge >= 0.3 is 0 Å². The molecular formula is C21H20N4O3. The highest BCUT2D eigenvalue weighted by Crippen LogP contribution is 2.33. The number of hydrogen-bond acceptors (Lipinski definition) is 6. The van der Waals surface area contributed by atoms with Gasteiger partial charge in [-0.2, -0.15) is 0 Å². The fourth-order valence-electron chi connectivity index (χ4n) is 2.87. The van der Waals surface area contributed by atoms with Crippen LogP contribution >= 0.6 is 0 Å². The minimum atomic E-state index is -0.233. The van der Waals surface area contributed by atoms with Gasteiger partial charge in [0.15, 0.2) is 11.5 Å². The number of hydrogen-bond donors (Lipinski definition) is 2. The molecule has 1 aliphatic rings. The molecule has 28 heavy (non-hydrogen) atoms. The average molecular weight is 376 g/mol. The fraction of sp³-hybridized carbons (Fsp3) is 0.190. The Labute approximate surface area is 162 Å². The van der Waals surface area contributed by atoms with E-state index in [1.807, 2.05) is 48.5 Å². The lowest BCUT2D eigenvalue weighted by molar-refractivity contribution is 0.0949. The molecule has 0 aliphatic carbocycles. The predicted octanol–water partition coefficient (Wildman–Crippen LogP) is 2.96. The van der Waals surface area contributed by atoms with Gasteiger partial charge in [0.05, 0.1) is 0 Å². The summed E-state index contributed by atoms with van der Waals surface area (Å²) in [6.07, 6.45) is 2.13. The summed E-state index contributed by atoms with van der Waals surface area (Å²) in [7, 11) is 0. The molecule has 0 saturated heterocycles. The lowest BCUT2D eigenvalue weighted by Crippen LogP contribution is -2.26. The summed E-state index contributed by atoms with van der Waals surface area (Å²) in [4.78, 5) is 20.6. The Morgan fingerprint density at radius 1 is 0.964 bits per heavy atom. The molecule has 0 unspecified atom stereocenters. The van der Waals surface area contributed by atoms with Crippen LogP contribution in [0.2, 0.25) is 0 Å². The number of nitrogens with one attached hydrogen (secondary N) is 2. The Bertz CT molecular complexity index is 963. The minimum absolute atomic E-state index is 0.233. The van der Waals surface area contributed by atoms with Crippen LogP contribution in [0.25, 0.3) is 0 Å². The molecule has 4 rings (SSSR count).